The van der Waals surface area contributed by atoms with E-state index in [1.54, 1.807) is 43.5 Å². The first-order valence-corrected chi connectivity index (χ1v) is 7.98. The van der Waals surface area contributed by atoms with Gasteiger partial charge in [0.1, 0.15) is 11.5 Å². The summed E-state index contributed by atoms with van der Waals surface area (Å²) >= 11 is 7.07. The molecule has 0 heterocycles. The van der Waals surface area contributed by atoms with E-state index >= 15 is 0 Å². The fourth-order valence-corrected chi connectivity index (χ4v) is 2.18. The highest BCUT2D eigenvalue weighted by Crippen LogP contribution is 2.20. The van der Waals surface area contributed by atoms with Gasteiger partial charge in [-0.1, -0.05) is 0 Å². The average Bonchev–Trinajstić information content (AvgIpc) is 2.56. The van der Waals surface area contributed by atoms with Crippen LogP contribution in [0.1, 0.15) is 10.4 Å². The maximum atomic E-state index is 12.0. The third-order valence-electron chi connectivity index (χ3n) is 2.85. The lowest BCUT2D eigenvalue weighted by Gasteiger charge is -2.12. The lowest BCUT2D eigenvalue weighted by atomic mass is 10.2. The minimum Gasteiger partial charge on any atom is -0.507 e. The van der Waals surface area contributed by atoms with Crippen molar-refractivity contribution in [1.82, 2.24) is 10.9 Å². The fraction of sp³-hybridized carbons (Fsp3) is 0.0667. The van der Waals surface area contributed by atoms with E-state index in [0.29, 0.717) is 9.13 Å². The SMILES string of the molecule is COc1ccc(NC(=S)NNC(=O)c2ccc(I)c(O)c2)cc1. The molecular formula is C15H14IN3O3S. The number of aromatic hydroxyl groups is 1. The highest BCUT2D eigenvalue weighted by atomic mass is 127. The summed E-state index contributed by atoms with van der Waals surface area (Å²) in [5, 5.41) is 12.8. The number of phenols is 1. The molecule has 0 fully saturated rings. The monoisotopic (exact) mass is 443 g/mol. The number of carbonyl (C=O) groups excluding carboxylic acids is 1. The topological polar surface area (TPSA) is 82.6 Å². The van der Waals surface area contributed by atoms with Crippen molar-refractivity contribution in [3.63, 3.8) is 0 Å². The van der Waals surface area contributed by atoms with Gasteiger partial charge in [-0.15, -0.1) is 0 Å². The van der Waals surface area contributed by atoms with Gasteiger partial charge in [0.05, 0.1) is 10.7 Å². The van der Waals surface area contributed by atoms with Crippen LogP contribution in [0.25, 0.3) is 0 Å². The summed E-state index contributed by atoms with van der Waals surface area (Å²) in [7, 11) is 1.59. The molecule has 0 aromatic heterocycles. The number of carbonyl (C=O) groups is 1. The zero-order valence-corrected chi connectivity index (χ0v) is 15.1. The number of anilines is 1. The Morgan fingerprint density at radius 3 is 2.48 bits per heavy atom. The number of ether oxygens (including phenoxy) is 1. The van der Waals surface area contributed by atoms with Gasteiger partial charge in [-0.05, 0) is 77.3 Å². The number of hydrogen-bond acceptors (Lipinski definition) is 4. The molecule has 0 saturated heterocycles. The summed E-state index contributed by atoms with van der Waals surface area (Å²) < 4.78 is 5.74. The average molecular weight is 443 g/mol. The number of amides is 1. The van der Waals surface area contributed by atoms with Gasteiger partial charge in [0.25, 0.3) is 5.91 Å². The van der Waals surface area contributed by atoms with E-state index in [2.05, 4.69) is 16.2 Å². The maximum absolute atomic E-state index is 12.0. The number of hydrazine groups is 1. The van der Waals surface area contributed by atoms with Crippen LogP contribution in [0.4, 0.5) is 5.69 Å². The van der Waals surface area contributed by atoms with Crippen LogP contribution in [0.5, 0.6) is 11.5 Å². The van der Waals surface area contributed by atoms with Gasteiger partial charge in [0, 0.05) is 11.3 Å². The van der Waals surface area contributed by atoms with E-state index in [0.717, 1.165) is 11.4 Å². The van der Waals surface area contributed by atoms with Crippen LogP contribution in [0.3, 0.4) is 0 Å². The van der Waals surface area contributed by atoms with Crippen molar-refractivity contribution in [3.8, 4) is 11.5 Å². The molecule has 120 valence electrons. The fourth-order valence-electron chi connectivity index (χ4n) is 1.68. The molecule has 2 aromatic rings. The van der Waals surface area contributed by atoms with Gasteiger partial charge >= 0.3 is 0 Å². The van der Waals surface area contributed by atoms with E-state index in [4.69, 9.17) is 17.0 Å². The highest BCUT2D eigenvalue weighted by molar-refractivity contribution is 14.1. The number of benzene rings is 2. The van der Waals surface area contributed by atoms with Crippen molar-refractivity contribution in [2.24, 2.45) is 0 Å². The van der Waals surface area contributed by atoms with Crippen molar-refractivity contribution >= 4 is 51.5 Å². The Kier molecular flexibility index (Phi) is 5.99. The zero-order valence-electron chi connectivity index (χ0n) is 12.1. The molecule has 0 aliphatic heterocycles. The van der Waals surface area contributed by atoms with E-state index < -0.39 is 5.91 Å². The van der Waals surface area contributed by atoms with E-state index in [1.807, 2.05) is 22.6 Å². The molecule has 0 radical (unpaired) electrons. The van der Waals surface area contributed by atoms with Crippen molar-refractivity contribution in [1.29, 1.82) is 0 Å². The van der Waals surface area contributed by atoms with Crippen LogP contribution in [-0.2, 0) is 0 Å². The maximum Gasteiger partial charge on any atom is 0.269 e. The molecule has 0 spiro atoms. The Morgan fingerprint density at radius 2 is 1.87 bits per heavy atom. The van der Waals surface area contributed by atoms with E-state index in [-0.39, 0.29) is 10.9 Å². The molecule has 6 nitrogen and oxygen atoms in total. The van der Waals surface area contributed by atoms with Crippen molar-refractivity contribution in [3.05, 3.63) is 51.6 Å². The Hall–Kier alpha value is -2.07. The standard InChI is InChI=1S/C15H14IN3O3S/c1-22-11-5-3-10(4-6-11)17-15(23)19-18-14(21)9-2-7-12(16)13(20)8-9/h2-8,20H,1H3,(H,18,21)(H2,17,19,23). The molecule has 0 aliphatic carbocycles. The molecule has 8 heteroatoms. The quantitative estimate of drug-likeness (QED) is 0.332. The summed E-state index contributed by atoms with van der Waals surface area (Å²) in [5.74, 6) is 0.383. The molecule has 23 heavy (non-hydrogen) atoms. The molecule has 2 rings (SSSR count). The van der Waals surface area contributed by atoms with Crippen LogP contribution in [0.15, 0.2) is 42.5 Å². The van der Waals surface area contributed by atoms with E-state index in [1.165, 1.54) is 6.07 Å². The first-order valence-electron chi connectivity index (χ1n) is 6.49. The van der Waals surface area contributed by atoms with Gasteiger partial charge in [-0.3, -0.25) is 15.6 Å². The van der Waals surface area contributed by atoms with Crippen LogP contribution in [-0.4, -0.2) is 23.2 Å². The van der Waals surface area contributed by atoms with E-state index in [9.17, 15) is 9.90 Å². The second-order valence-electron chi connectivity index (χ2n) is 4.43. The molecule has 0 atom stereocenters. The van der Waals surface area contributed by atoms with Crippen LogP contribution >= 0.6 is 34.8 Å². The summed E-state index contributed by atoms with van der Waals surface area (Å²) in [5.41, 5.74) is 6.13. The van der Waals surface area contributed by atoms with Crippen LogP contribution in [0.2, 0.25) is 0 Å². The smallest absolute Gasteiger partial charge is 0.269 e. The minimum atomic E-state index is -0.407. The number of methoxy groups -OCH3 is 1. The molecule has 4 N–H and O–H groups in total. The van der Waals surface area contributed by atoms with Crippen LogP contribution < -0.4 is 20.9 Å². The largest absolute Gasteiger partial charge is 0.507 e. The summed E-state index contributed by atoms with van der Waals surface area (Å²) in [4.78, 5) is 12.0. The van der Waals surface area contributed by atoms with Crippen molar-refractivity contribution in [2.75, 3.05) is 12.4 Å². The Labute approximate surface area is 152 Å². The summed E-state index contributed by atoms with van der Waals surface area (Å²) in [6.45, 7) is 0. The van der Waals surface area contributed by atoms with Gasteiger partial charge in [0.15, 0.2) is 5.11 Å². The molecule has 1 amide bonds. The first-order chi connectivity index (χ1) is 11.0. The Balaban J connectivity index is 1.87. The second kappa shape index (κ2) is 7.97. The predicted octanol–water partition coefficient (Wildman–Crippen LogP) is 2.64. The highest BCUT2D eigenvalue weighted by Gasteiger charge is 2.08. The number of nitrogens with one attached hydrogen (secondary N) is 3. The third-order valence-corrected chi connectivity index (χ3v) is 3.96. The van der Waals surface area contributed by atoms with Gasteiger partial charge in [-0.2, -0.15) is 0 Å². The first kappa shape index (κ1) is 17.3. The lowest BCUT2D eigenvalue weighted by molar-refractivity contribution is 0.0943. The second-order valence-corrected chi connectivity index (χ2v) is 6.00. The Bertz CT molecular complexity index is 722. The van der Waals surface area contributed by atoms with Gasteiger partial charge in [0.2, 0.25) is 0 Å². The molecule has 0 unspecified atom stereocenters. The van der Waals surface area contributed by atoms with Crippen molar-refractivity contribution < 1.29 is 14.6 Å². The summed E-state index contributed by atoms with van der Waals surface area (Å²) in [6, 6.07) is 11.8. The Morgan fingerprint density at radius 1 is 1.17 bits per heavy atom. The van der Waals surface area contributed by atoms with Gasteiger partial charge < -0.3 is 15.2 Å². The summed E-state index contributed by atoms with van der Waals surface area (Å²) in [6.07, 6.45) is 0. The van der Waals surface area contributed by atoms with Crippen molar-refractivity contribution in [2.45, 2.75) is 0 Å². The number of halogens is 1. The number of phenolic OH excluding ortho intramolecular Hbond substituents is 1. The molecule has 0 aliphatic rings. The predicted molar refractivity (Wildman–Crippen MR) is 101 cm³/mol. The van der Waals surface area contributed by atoms with Crippen LogP contribution in [0, 0.1) is 3.57 Å². The molecule has 2 aromatic carbocycles. The number of rotatable bonds is 3. The minimum absolute atomic E-state index is 0.0529. The normalized spacial score (nSPS) is 9.83. The molecule has 0 bridgehead atoms. The number of hydrogen-bond donors (Lipinski definition) is 4. The zero-order chi connectivity index (χ0) is 16.8. The number of thiocarbonyl (C=S) groups is 1. The van der Waals surface area contributed by atoms with Gasteiger partial charge in [-0.25, -0.2) is 0 Å². The third kappa shape index (κ3) is 4.96. The lowest BCUT2D eigenvalue weighted by Crippen LogP contribution is -2.43. The molecular weight excluding hydrogens is 429 g/mol. The molecule has 0 saturated carbocycles.